The Kier molecular flexibility index (Phi) is 15.6. The number of hydrogen-bond donors (Lipinski definition) is 6. The van der Waals surface area contributed by atoms with Gasteiger partial charge in [0.05, 0.1) is 51.3 Å². The third-order valence-corrected chi connectivity index (χ3v) is 6.02. The van der Waals surface area contributed by atoms with Gasteiger partial charge in [-0.2, -0.15) is 0 Å². The second-order valence-electron chi connectivity index (χ2n) is 9.66. The van der Waals surface area contributed by atoms with Crippen molar-refractivity contribution in [2.75, 3.05) is 65.8 Å². The first-order valence-corrected chi connectivity index (χ1v) is 13.6. The van der Waals surface area contributed by atoms with Crippen molar-refractivity contribution in [1.29, 1.82) is 0 Å². The smallest absolute Gasteiger partial charge is 0.253 e. The number of nitrogens with two attached hydrogens (primary N) is 1. The molecule has 0 spiro atoms. The van der Waals surface area contributed by atoms with Gasteiger partial charge in [0.2, 0.25) is 11.8 Å². The lowest BCUT2D eigenvalue weighted by molar-refractivity contribution is -0.139. The van der Waals surface area contributed by atoms with E-state index in [1.165, 1.54) is 0 Å². The molecular weight excluding hydrogens is 574 g/mol. The molecule has 2 heterocycles. The highest BCUT2D eigenvalue weighted by atomic mass is 16.6. The summed E-state index contributed by atoms with van der Waals surface area (Å²) in [5.74, 6) is -2.91. The predicted octanol–water partition coefficient (Wildman–Crippen LogP) is -4.69. The average molecular weight is 614 g/mol. The first-order chi connectivity index (χ1) is 20.5. The summed E-state index contributed by atoms with van der Waals surface area (Å²) in [5, 5.41) is 34.9. The Hall–Kier alpha value is -3.58. The lowest BCUT2D eigenvalue weighted by atomic mass is 10.3. The van der Waals surface area contributed by atoms with E-state index in [1.54, 1.807) is 0 Å². The Labute approximate surface area is 247 Å². The number of rotatable bonds is 22. The van der Waals surface area contributed by atoms with E-state index < -0.39 is 59.9 Å². The maximum absolute atomic E-state index is 12.0. The van der Waals surface area contributed by atoms with Gasteiger partial charge in [0, 0.05) is 69.9 Å². The Balaban J connectivity index is 1.62. The molecule has 2 aliphatic rings. The highest BCUT2D eigenvalue weighted by Crippen LogP contribution is 2.05. The second-order valence-corrected chi connectivity index (χ2v) is 9.66. The third kappa shape index (κ3) is 13.5. The molecule has 0 bridgehead atoms. The van der Waals surface area contributed by atoms with Crippen molar-refractivity contribution in [3.63, 3.8) is 0 Å². The molecule has 6 amide bonds. The van der Waals surface area contributed by atoms with E-state index in [2.05, 4.69) is 10.6 Å². The predicted molar refractivity (Wildman–Crippen MR) is 145 cm³/mol. The van der Waals surface area contributed by atoms with Gasteiger partial charge in [0.25, 0.3) is 23.6 Å². The van der Waals surface area contributed by atoms with Crippen molar-refractivity contribution < 1.29 is 58.3 Å². The number of amides is 6. The maximum Gasteiger partial charge on any atom is 0.253 e. The molecule has 0 radical (unpaired) electrons. The number of aliphatic hydroxyl groups excluding tert-OH is 3. The Bertz CT molecular complexity index is 942. The van der Waals surface area contributed by atoms with Crippen molar-refractivity contribution in [1.82, 2.24) is 20.4 Å². The first-order valence-electron chi connectivity index (χ1n) is 13.6. The minimum atomic E-state index is -1.08. The average Bonchev–Trinajstić information content (AvgIpc) is 3.48. The standard InChI is InChI=1S/C26H39N5O12/c27-9-17(32)14-43-20(15-41-12-18(33)10-28-21(35)5-7-30-23(37)1-2-24(30)38)16-42-13-19(34)11-29-22(36)6-8-31-25(39)3-4-26(31)40/h1-4,17-20,32-34H,5-16,27H2,(H,28,35)(H,29,36). The molecule has 2 aliphatic heterocycles. The molecule has 0 aromatic carbocycles. The largest absolute Gasteiger partial charge is 0.389 e. The third-order valence-electron chi connectivity index (χ3n) is 6.02. The van der Waals surface area contributed by atoms with Crippen LogP contribution in [-0.4, -0.2) is 151 Å². The summed E-state index contributed by atoms with van der Waals surface area (Å²) in [6.07, 6.45) is 0.399. The number of hydrogen-bond acceptors (Lipinski definition) is 13. The van der Waals surface area contributed by atoms with Gasteiger partial charge in [-0.1, -0.05) is 0 Å². The van der Waals surface area contributed by atoms with Crippen LogP contribution in [-0.2, 0) is 43.0 Å². The SMILES string of the molecule is NCC(O)COC(COCC(O)CNC(=O)CCN1C(=O)C=CC1=O)COCC(O)CNC(=O)CCN1C(=O)C=CC1=O. The van der Waals surface area contributed by atoms with Crippen LogP contribution in [0.4, 0.5) is 0 Å². The van der Waals surface area contributed by atoms with Gasteiger partial charge in [-0.15, -0.1) is 0 Å². The molecule has 7 N–H and O–H groups in total. The van der Waals surface area contributed by atoms with E-state index in [1.807, 2.05) is 0 Å². The van der Waals surface area contributed by atoms with E-state index in [9.17, 15) is 44.1 Å². The number of nitrogens with one attached hydrogen (secondary N) is 2. The molecule has 3 unspecified atom stereocenters. The fraction of sp³-hybridized carbons (Fsp3) is 0.615. The number of imide groups is 2. The normalized spacial score (nSPS) is 17.5. The molecule has 0 aromatic heterocycles. The van der Waals surface area contributed by atoms with Crippen LogP contribution in [0.3, 0.4) is 0 Å². The molecule has 0 aliphatic carbocycles. The van der Waals surface area contributed by atoms with Gasteiger partial charge in [-0.05, 0) is 0 Å². The molecule has 0 saturated heterocycles. The molecule has 240 valence electrons. The van der Waals surface area contributed by atoms with Crippen molar-refractivity contribution in [2.45, 2.75) is 37.3 Å². The van der Waals surface area contributed by atoms with E-state index in [0.717, 1.165) is 34.1 Å². The quantitative estimate of drug-likeness (QED) is 0.0629. The summed E-state index contributed by atoms with van der Waals surface area (Å²) >= 11 is 0. The lowest BCUT2D eigenvalue weighted by Gasteiger charge is -2.22. The van der Waals surface area contributed by atoms with E-state index in [0.29, 0.717) is 0 Å². The van der Waals surface area contributed by atoms with E-state index in [-0.39, 0.29) is 78.6 Å². The van der Waals surface area contributed by atoms with Gasteiger partial charge in [-0.25, -0.2) is 0 Å². The monoisotopic (exact) mass is 613 g/mol. The number of carbonyl (C=O) groups is 6. The number of aliphatic hydroxyl groups is 3. The molecule has 0 saturated carbocycles. The second kappa shape index (κ2) is 18.9. The van der Waals surface area contributed by atoms with Crippen LogP contribution in [0.2, 0.25) is 0 Å². The zero-order chi connectivity index (χ0) is 31.8. The maximum atomic E-state index is 12.0. The van der Waals surface area contributed by atoms with Crippen LogP contribution in [0.25, 0.3) is 0 Å². The first kappa shape index (κ1) is 35.6. The molecule has 0 aromatic rings. The highest BCUT2D eigenvalue weighted by molar-refractivity contribution is 6.13. The van der Waals surface area contributed by atoms with E-state index >= 15 is 0 Å². The zero-order valence-corrected chi connectivity index (χ0v) is 23.6. The van der Waals surface area contributed by atoms with Crippen LogP contribution in [0, 0.1) is 0 Å². The Morgan fingerprint density at radius 2 is 1.07 bits per heavy atom. The van der Waals surface area contributed by atoms with Crippen LogP contribution in [0.5, 0.6) is 0 Å². The Morgan fingerprint density at radius 3 is 1.44 bits per heavy atom. The van der Waals surface area contributed by atoms with Crippen LogP contribution in [0.1, 0.15) is 12.8 Å². The van der Waals surface area contributed by atoms with Crippen molar-refractivity contribution in [2.24, 2.45) is 5.73 Å². The fourth-order valence-corrected chi connectivity index (χ4v) is 3.62. The van der Waals surface area contributed by atoms with Crippen LogP contribution >= 0.6 is 0 Å². The van der Waals surface area contributed by atoms with Gasteiger partial charge >= 0.3 is 0 Å². The summed E-state index contributed by atoms with van der Waals surface area (Å²) in [6, 6.07) is 0. The lowest BCUT2D eigenvalue weighted by Crippen LogP contribution is -2.39. The van der Waals surface area contributed by atoms with Gasteiger partial charge in [0.1, 0.15) is 6.10 Å². The number of nitrogens with zero attached hydrogens (tertiary/aromatic N) is 2. The van der Waals surface area contributed by atoms with Crippen molar-refractivity contribution >= 4 is 35.4 Å². The van der Waals surface area contributed by atoms with Crippen LogP contribution in [0.15, 0.2) is 24.3 Å². The minimum absolute atomic E-state index is 0.0432. The molecular formula is C26H39N5O12. The van der Waals surface area contributed by atoms with Gasteiger partial charge in [0.15, 0.2) is 0 Å². The van der Waals surface area contributed by atoms with Gasteiger partial charge in [-0.3, -0.25) is 38.6 Å². The molecule has 17 heteroatoms. The number of carbonyl (C=O) groups excluding carboxylic acids is 6. The van der Waals surface area contributed by atoms with Crippen molar-refractivity contribution in [3.8, 4) is 0 Å². The molecule has 43 heavy (non-hydrogen) atoms. The minimum Gasteiger partial charge on any atom is -0.389 e. The number of ether oxygens (including phenoxy) is 3. The Morgan fingerprint density at radius 1 is 0.674 bits per heavy atom. The van der Waals surface area contributed by atoms with Crippen LogP contribution < -0.4 is 16.4 Å². The molecule has 0 fully saturated rings. The summed E-state index contributed by atoms with van der Waals surface area (Å²) < 4.78 is 16.4. The van der Waals surface area contributed by atoms with Crippen molar-refractivity contribution in [3.05, 3.63) is 24.3 Å². The highest BCUT2D eigenvalue weighted by Gasteiger charge is 2.25. The molecule has 17 nitrogen and oxygen atoms in total. The van der Waals surface area contributed by atoms with Gasteiger partial charge < -0.3 is 45.9 Å². The molecule has 2 rings (SSSR count). The summed E-state index contributed by atoms with van der Waals surface area (Å²) in [4.78, 5) is 71.8. The summed E-state index contributed by atoms with van der Waals surface area (Å²) in [7, 11) is 0. The van der Waals surface area contributed by atoms with E-state index in [4.69, 9.17) is 19.9 Å². The summed E-state index contributed by atoms with van der Waals surface area (Å²) in [5.41, 5.74) is 5.39. The topological polar surface area (TPSA) is 247 Å². The molecule has 3 atom stereocenters. The zero-order valence-electron chi connectivity index (χ0n) is 23.6. The fourth-order valence-electron chi connectivity index (χ4n) is 3.62. The summed E-state index contributed by atoms with van der Waals surface area (Å²) in [6.45, 7) is -1.17.